The summed E-state index contributed by atoms with van der Waals surface area (Å²) in [5.74, 6) is 0.0195. The largest absolute Gasteiger partial charge is 0.339 e. The van der Waals surface area contributed by atoms with E-state index in [4.69, 9.17) is 0 Å². The predicted octanol–water partition coefficient (Wildman–Crippen LogP) is 1.32. The summed E-state index contributed by atoms with van der Waals surface area (Å²) in [6.45, 7) is 1.62. The van der Waals surface area contributed by atoms with Crippen LogP contribution >= 0.6 is 0 Å². The van der Waals surface area contributed by atoms with Crippen LogP contribution in [0, 0.1) is 0 Å². The zero-order valence-electron chi connectivity index (χ0n) is 11.2. The summed E-state index contributed by atoms with van der Waals surface area (Å²) in [6, 6.07) is 6.67. The molecule has 1 saturated heterocycles. The lowest BCUT2D eigenvalue weighted by atomic mass is 10.2. The Balaban J connectivity index is 2.16. The van der Waals surface area contributed by atoms with Crippen molar-refractivity contribution in [2.45, 2.75) is 12.8 Å². The van der Waals surface area contributed by atoms with Crippen LogP contribution in [0.4, 0.5) is 5.69 Å². The van der Waals surface area contributed by atoms with E-state index in [9.17, 15) is 13.2 Å². The molecule has 0 aromatic heterocycles. The Bertz CT molecular complexity index is 560. The van der Waals surface area contributed by atoms with Crippen molar-refractivity contribution in [3.63, 3.8) is 0 Å². The van der Waals surface area contributed by atoms with Crippen molar-refractivity contribution in [2.24, 2.45) is 0 Å². The van der Waals surface area contributed by atoms with E-state index in [-0.39, 0.29) is 5.91 Å². The highest BCUT2D eigenvalue weighted by atomic mass is 32.2. The van der Waals surface area contributed by atoms with Gasteiger partial charge in [0.2, 0.25) is 10.0 Å². The molecule has 1 aliphatic heterocycles. The highest BCUT2D eigenvalue weighted by Gasteiger charge is 2.19. The smallest absolute Gasteiger partial charge is 0.253 e. The Morgan fingerprint density at radius 2 is 1.68 bits per heavy atom. The number of carbonyl (C=O) groups is 1. The molecule has 0 saturated carbocycles. The van der Waals surface area contributed by atoms with Crippen LogP contribution in [-0.2, 0) is 10.0 Å². The van der Waals surface area contributed by atoms with Crippen molar-refractivity contribution in [1.29, 1.82) is 0 Å². The van der Waals surface area contributed by atoms with Gasteiger partial charge in [-0.2, -0.15) is 0 Å². The number of hydrogen-bond acceptors (Lipinski definition) is 3. The van der Waals surface area contributed by atoms with Crippen LogP contribution in [-0.4, -0.2) is 45.6 Å². The van der Waals surface area contributed by atoms with E-state index in [0.717, 1.165) is 32.2 Å². The molecule has 2 rings (SSSR count). The number of nitrogens with zero attached hydrogens (tertiary/aromatic N) is 2. The molecule has 104 valence electrons. The van der Waals surface area contributed by atoms with Gasteiger partial charge in [0.25, 0.3) is 5.91 Å². The molecular formula is C13H18N2O3S. The SMILES string of the molecule is CN(c1ccc(C(=O)N2CCCC2)cc1)S(C)(=O)=O. The number of amides is 1. The summed E-state index contributed by atoms with van der Waals surface area (Å²) in [6.07, 6.45) is 3.26. The first-order valence-corrected chi connectivity index (χ1v) is 8.07. The number of sulfonamides is 1. The molecule has 0 unspecified atom stereocenters. The Morgan fingerprint density at radius 3 is 2.16 bits per heavy atom. The number of rotatable bonds is 3. The van der Waals surface area contributed by atoms with E-state index >= 15 is 0 Å². The van der Waals surface area contributed by atoms with E-state index in [1.54, 1.807) is 24.3 Å². The van der Waals surface area contributed by atoms with Gasteiger partial charge in [0, 0.05) is 25.7 Å². The van der Waals surface area contributed by atoms with Crippen molar-refractivity contribution in [3.8, 4) is 0 Å². The van der Waals surface area contributed by atoms with Crippen molar-refractivity contribution in [3.05, 3.63) is 29.8 Å². The van der Waals surface area contributed by atoms with Crippen molar-refractivity contribution in [1.82, 2.24) is 4.90 Å². The molecule has 0 N–H and O–H groups in total. The summed E-state index contributed by atoms with van der Waals surface area (Å²) in [5, 5.41) is 0. The third-order valence-corrected chi connectivity index (χ3v) is 4.57. The molecule has 1 aliphatic rings. The first-order valence-electron chi connectivity index (χ1n) is 6.23. The molecule has 1 aromatic carbocycles. The van der Waals surface area contributed by atoms with Crippen LogP contribution in [0.2, 0.25) is 0 Å². The highest BCUT2D eigenvalue weighted by Crippen LogP contribution is 2.18. The van der Waals surface area contributed by atoms with Crippen molar-refractivity contribution < 1.29 is 13.2 Å². The van der Waals surface area contributed by atoms with Gasteiger partial charge in [0.15, 0.2) is 0 Å². The monoisotopic (exact) mass is 282 g/mol. The average molecular weight is 282 g/mol. The van der Waals surface area contributed by atoms with Crippen LogP contribution in [0.1, 0.15) is 23.2 Å². The maximum absolute atomic E-state index is 12.1. The van der Waals surface area contributed by atoms with Crippen molar-refractivity contribution in [2.75, 3.05) is 30.7 Å². The third kappa shape index (κ3) is 3.07. The minimum absolute atomic E-state index is 0.0195. The number of anilines is 1. The Morgan fingerprint density at radius 1 is 1.16 bits per heavy atom. The number of likely N-dealkylation sites (tertiary alicyclic amines) is 1. The lowest BCUT2D eigenvalue weighted by molar-refractivity contribution is 0.0793. The maximum atomic E-state index is 12.1. The molecular weight excluding hydrogens is 264 g/mol. The van der Waals surface area contributed by atoms with E-state index in [2.05, 4.69) is 0 Å². The Kier molecular flexibility index (Phi) is 3.80. The standard InChI is InChI=1S/C13H18N2O3S/c1-14(19(2,17)18)12-7-5-11(6-8-12)13(16)15-9-3-4-10-15/h5-8H,3-4,9-10H2,1-2H3. The normalized spacial score (nSPS) is 15.6. The van der Waals surface area contributed by atoms with Gasteiger partial charge in [-0.15, -0.1) is 0 Å². The molecule has 1 heterocycles. The summed E-state index contributed by atoms with van der Waals surface area (Å²) in [4.78, 5) is 13.9. The maximum Gasteiger partial charge on any atom is 0.253 e. The van der Waals surface area contributed by atoms with Crippen LogP contribution in [0.5, 0.6) is 0 Å². The van der Waals surface area contributed by atoms with Crippen LogP contribution in [0.3, 0.4) is 0 Å². The molecule has 1 fully saturated rings. The fourth-order valence-corrected chi connectivity index (χ4v) is 2.61. The van der Waals surface area contributed by atoms with Gasteiger partial charge < -0.3 is 4.90 Å². The lowest BCUT2D eigenvalue weighted by Gasteiger charge is -2.18. The molecule has 5 nitrogen and oxygen atoms in total. The van der Waals surface area contributed by atoms with E-state index < -0.39 is 10.0 Å². The van der Waals surface area contributed by atoms with Crippen LogP contribution in [0.25, 0.3) is 0 Å². The summed E-state index contributed by atoms with van der Waals surface area (Å²) in [5.41, 5.74) is 1.16. The fourth-order valence-electron chi connectivity index (χ4n) is 2.11. The number of hydrogen-bond donors (Lipinski definition) is 0. The second-order valence-corrected chi connectivity index (χ2v) is 6.79. The van der Waals surface area contributed by atoms with Gasteiger partial charge in [-0.3, -0.25) is 9.10 Å². The Hall–Kier alpha value is -1.56. The zero-order chi connectivity index (χ0) is 14.0. The van der Waals surface area contributed by atoms with Gasteiger partial charge in [0.1, 0.15) is 0 Å². The second kappa shape index (κ2) is 5.21. The van der Waals surface area contributed by atoms with Crippen LogP contribution in [0.15, 0.2) is 24.3 Å². The lowest BCUT2D eigenvalue weighted by Crippen LogP contribution is -2.28. The van der Waals surface area contributed by atoms with Gasteiger partial charge in [-0.25, -0.2) is 8.42 Å². The van der Waals surface area contributed by atoms with Gasteiger partial charge in [0.05, 0.1) is 11.9 Å². The molecule has 0 aliphatic carbocycles. The topological polar surface area (TPSA) is 57.7 Å². The van der Waals surface area contributed by atoms with Gasteiger partial charge in [-0.1, -0.05) is 0 Å². The molecule has 0 radical (unpaired) electrons. The van der Waals surface area contributed by atoms with Gasteiger partial charge in [-0.05, 0) is 37.1 Å². The first-order chi connectivity index (χ1) is 8.89. The number of benzene rings is 1. The van der Waals surface area contributed by atoms with E-state index in [1.807, 2.05) is 4.90 Å². The molecule has 6 heteroatoms. The summed E-state index contributed by atoms with van der Waals surface area (Å²) >= 11 is 0. The highest BCUT2D eigenvalue weighted by molar-refractivity contribution is 7.92. The minimum Gasteiger partial charge on any atom is -0.339 e. The summed E-state index contributed by atoms with van der Waals surface area (Å²) < 4.78 is 24.0. The van der Waals surface area contributed by atoms with Gasteiger partial charge >= 0.3 is 0 Å². The average Bonchev–Trinajstić information content (AvgIpc) is 2.90. The quantitative estimate of drug-likeness (QED) is 0.840. The molecule has 1 aromatic rings. The van der Waals surface area contributed by atoms with E-state index in [0.29, 0.717) is 11.3 Å². The predicted molar refractivity (Wildman–Crippen MR) is 74.8 cm³/mol. The molecule has 19 heavy (non-hydrogen) atoms. The molecule has 0 bridgehead atoms. The second-order valence-electron chi connectivity index (χ2n) is 4.78. The summed E-state index contributed by atoms with van der Waals surface area (Å²) in [7, 11) is -1.77. The number of carbonyl (C=O) groups excluding carboxylic acids is 1. The molecule has 1 amide bonds. The molecule has 0 spiro atoms. The van der Waals surface area contributed by atoms with Crippen LogP contribution < -0.4 is 4.31 Å². The Labute approximate surface area is 113 Å². The minimum atomic E-state index is -3.27. The fraction of sp³-hybridized carbons (Fsp3) is 0.462. The first kappa shape index (κ1) is 13.9. The van der Waals surface area contributed by atoms with Crippen molar-refractivity contribution >= 4 is 21.6 Å². The third-order valence-electron chi connectivity index (χ3n) is 3.37. The van der Waals surface area contributed by atoms with E-state index in [1.165, 1.54) is 11.4 Å². The zero-order valence-corrected chi connectivity index (χ0v) is 12.0. The molecule has 0 atom stereocenters.